The smallest absolute Gasteiger partial charge is 0.391 e. The van der Waals surface area contributed by atoms with E-state index in [1.807, 2.05) is 0 Å². The number of aromatic nitrogens is 1. The summed E-state index contributed by atoms with van der Waals surface area (Å²) in [4.78, 5) is 4.87. The molecule has 0 spiro atoms. The summed E-state index contributed by atoms with van der Waals surface area (Å²) < 4.78 is 117. The first-order valence-corrected chi connectivity index (χ1v) is 14.0. The van der Waals surface area contributed by atoms with Gasteiger partial charge in [0.05, 0.1) is 12.5 Å². The first-order valence-electron chi connectivity index (χ1n) is 11.6. The summed E-state index contributed by atoms with van der Waals surface area (Å²) in [6, 6.07) is 3.45. The number of rotatable bonds is 5. The van der Waals surface area contributed by atoms with Crippen molar-refractivity contribution >= 4 is 26.5 Å². The highest BCUT2D eigenvalue weighted by Crippen LogP contribution is 2.48. The number of benzene rings is 2. The molecule has 1 fully saturated rings. The van der Waals surface area contributed by atoms with Crippen LogP contribution < -0.4 is 9.46 Å². The quantitative estimate of drug-likeness (QED) is 0.366. The van der Waals surface area contributed by atoms with Gasteiger partial charge in [-0.15, -0.1) is 11.3 Å². The average molecular weight is 578 g/mol. The molecule has 0 bridgehead atoms. The number of sulfonamides is 1. The monoisotopic (exact) mass is 577 g/mol. The molecule has 5 rings (SSSR count). The maximum absolute atomic E-state index is 15.2. The fourth-order valence-electron chi connectivity index (χ4n) is 5.07. The molecule has 0 saturated carbocycles. The SMILES string of the molecule is O=S(=O)(Nc1nccs1)c1cc2c(cc1F)[C@@H](N1CC[C@@H](C(F)(F)F)C[C@@H]1c1ccc(F)c(F)c1)CCO2. The van der Waals surface area contributed by atoms with Crippen LogP contribution in [-0.4, -0.2) is 37.6 Å². The van der Waals surface area contributed by atoms with Gasteiger partial charge in [-0.05, 0) is 43.1 Å². The zero-order chi connectivity index (χ0) is 27.2. The van der Waals surface area contributed by atoms with Crippen molar-refractivity contribution in [1.29, 1.82) is 0 Å². The van der Waals surface area contributed by atoms with Gasteiger partial charge in [0.15, 0.2) is 16.8 Å². The Morgan fingerprint density at radius 2 is 1.82 bits per heavy atom. The zero-order valence-corrected chi connectivity index (χ0v) is 21.1. The van der Waals surface area contributed by atoms with E-state index in [2.05, 4.69) is 9.71 Å². The van der Waals surface area contributed by atoms with E-state index >= 15 is 4.39 Å². The minimum atomic E-state index is -4.48. The Kier molecular flexibility index (Phi) is 7.07. The first-order chi connectivity index (χ1) is 17.9. The summed E-state index contributed by atoms with van der Waals surface area (Å²) in [7, 11) is -4.35. The van der Waals surface area contributed by atoms with Crippen molar-refractivity contribution in [3.63, 3.8) is 0 Å². The van der Waals surface area contributed by atoms with Crippen LogP contribution in [0.1, 0.15) is 42.5 Å². The van der Waals surface area contributed by atoms with E-state index in [4.69, 9.17) is 4.74 Å². The molecule has 2 aliphatic rings. The lowest BCUT2D eigenvalue weighted by atomic mass is 9.84. The van der Waals surface area contributed by atoms with Crippen molar-refractivity contribution in [3.8, 4) is 5.75 Å². The van der Waals surface area contributed by atoms with Crippen LogP contribution in [0.5, 0.6) is 5.75 Å². The molecule has 3 heterocycles. The number of likely N-dealkylation sites (tertiary alicyclic amines) is 1. The molecule has 1 saturated heterocycles. The zero-order valence-electron chi connectivity index (χ0n) is 19.5. The number of hydrogen-bond acceptors (Lipinski definition) is 6. The van der Waals surface area contributed by atoms with Crippen LogP contribution in [0.3, 0.4) is 0 Å². The number of nitrogens with one attached hydrogen (secondary N) is 1. The molecule has 2 aromatic carbocycles. The molecule has 1 aromatic heterocycles. The van der Waals surface area contributed by atoms with Crippen LogP contribution in [0.2, 0.25) is 0 Å². The summed E-state index contributed by atoms with van der Waals surface area (Å²) in [5.41, 5.74) is 0.429. The van der Waals surface area contributed by atoms with E-state index < -0.39 is 63.0 Å². The fourth-order valence-corrected chi connectivity index (χ4v) is 6.93. The molecule has 14 heteroatoms. The Labute approximate surface area is 218 Å². The second-order valence-corrected chi connectivity index (χ2v) is 11.7. The van der Waals surface area contributed by atoms with Gasteiger partial charge in [-0.2, -0.15) is 13.2 Å². The van der Waals surface area contributed by atoms with Gasteiger partial charge in [0.25, 0.3) is 10.0 Å². The van der Waals surface area contributed by atoms with Gasteiger partial charge >= 0.3 is 6.18 Å². The number of thiazole rings is 1. The third-order valence-corrected chi connectivity index (χ3v) is 9.02. The molecule has 204 valence electrons. The third-order valence-electron chi connectivity index (χ3n) is 6.85. The van der Waals surface area contributed by atoms with Gasteiger partial charge in [0.2, 0.25) is 0 Å². The number of hydrogen-bond donors (Lipinski definition) is 1. The van der Waals surface area contributed by atoms with Gasteiger partial charge in [0.1, 0.15) is 16.5 Å². The van der Waals surface area contributed by atoms with Gasteiger partial charge in [-0.1, -0.05) is 6.07 Å². The Morgan fingerprint density at radius 3 is 2.50 bits per heavy atom. The van der Waals surface area contributed by atoms with Crippen LogP contribution in [0.25, 0.3) is 0 Å². The maximum atomic E-state index is 15.2. The van der Waals surface area contributed by atoms with Gasteiger partial charge in [0, 0.05) is 41.7 Å². The lowest BCUT2D eigenvalue weighted by Crippen LogP contribution is -2.44. The molecule has 0 radical (unpaired) electrons. The molecule has 3 atom stereocenters. The highest BCUT2D eigenvalue weighted by Gasteiger charge is 2.47. The van der Waals surface area contributed by atoms with Crippen LogP contribution in [0.15, 0.2) is 46.8 Å². The fraction of sp³-hybridized carbons (Fsp3) is 0.375. The molecule has 2 aliphatic heterocycles. The Bertz CT molecular complexity index is 1430. The molecule has 0 aliphatic carbocycles. The van der Waals surface area contributed by atoms with Crippen molar-refractivity contribution < 1.29 is 39.5 Å². The van der Waals surface area contributed by atoms with Crippen LogP contribution in [0, 0.1) is 23.4 Å². The standard InChI is InChI=1S/C24H21F6N3O3S2/c25-16-2-1-13(9-17(16)26)20-10-14(24(28,29)30)3-6-33(20)19-4-7-36-21-12-22(18(27)11-15(19)21)38(34,35)32-23-31-5-8-37-23/h1-2,5,8-9,11-12,14,19-20H,3-4,6-7,10H2,(H,31,32)/t14-,19+,20-/m1/s1. The van der Waals surface area contributed by atoms with E-state index in [1.165, 1.54) is 12.3 Å². The summed E-state index contributed by atoms with van der Waals surface area (Å²) in [5.74, 6) is -4.96. The minimum absolute atomic E-state index is 0.0443. The molecule has 6 nitrogen and oxygen atoms in total. The van der Waals surface area contributed by atoms with Crippen LogP contribution >= 0.6 is 11.3 Å². The van der Waals surface area contributed by atoms with E-state index in [1.54, 1.807) is 10.3 Å². The first kappa shape index (κ1) is 26.8. The normalized spacial score (nSPS) is 22.5. The molecule has 0 amide bonds. The topological polar surface area (TPSA) is 71.5 Å². The minimum Gasteiger partial charge on any atom is -0.493 e. The number of ether oxygens (including phenoxy) is 1. The second kappa shape index (κ2) is 10.0. The second-order valence-electron chi connectivity index (χ2n) is 9.11. The summed E-state index contributed by atoms with van der Waals surface area (Å²) in [5, 5.41) is 1.59. The molecule has 0 unspecified atom stereocenters. The van der Waals surface area contributed by atoms with Gasteiger partial charge < -0.3 is 4.74 Å². The predicted octanol–water partition coefficient (Wildman–Crippen LogP) is 6.20. The lowest BCUT2D eigenvalue weighted by molar-refractivity contribution is -0.192. The predicted molar refractivity (Wildman–Crippen MR) is 127 cm³/mol. The molecule has 38 heavy (non-hydrogen) atoms. The Hall–Kier alpha value is -2.84. The van der Waals surface area contributed by atoms with E-state index in [0.29, 0.717) is 0 Å². The van der Waals surface area contributed by atoms with E-state index in [-0.39, 0.29) is 48.0 Å². The number of anilines is 1. The number of alkyl halides is 3. The summed E-state index contributed by atoms with van der Waals surface area (Å²) in [6.07, 6.45) is -3.45. The van der Waals surface area contributed by atoms with Crippen molar-refractivity contribution in [2.24, 2.45) is 5.92 Å². The highest BCUT2D eigenvalue weighted by molar-refractivity contribution is 7.93. The Balaban J connectivity index is 1.51. The molecule has 3 aromatic rings. The van der Waals surface area contributed by atoms with Crippen molar-refractivity contribution in [2.45, 2.75) is 42.4 Å². The van der Waals surface area contributed by atoms with Crippen LogP contribution in [0.4, 0.5) is 31.5 Å². The lowest BCUT2D eigenvalue weighted by Gasteiger charge is -2.46. The summed E-state index contributed by atoms with van der Waals surface area (Å²) in [6.45, 7) is 0.0393. The molecular weight excluding hydrogens is 556 g/mol. The number of nitrogens with zero attached hydrogens (tertiary/aromatic N) is 2. The third kappa shape index (κ3) is 5.21. The number of halogens is 6. The molecular formula is C24H21F6N3O3S2. The van der Waals surface area contributed by atoms with Gasteiger partial charge in [-0.25, -0.2) is 26.6 Å². The average Bonchev–Trinajstić information content (AvgIpc) is 3.36. The largest absolute Gasteiger partial charge is 0.493 e. The van der Waals surface area contributed by atoms with Crippen molar-refractivity contribution in [1.82, 2.24) is 9.88 Å². The number of piperidine rings is 1. The van der Waals surface area contributed by atoms with Gasteiger partial charge in [-0.3, -0.25) is 9.62 Å². The Morgan fingerprint density at radius 1 is 1.03 bits per heavy atom. The molecule has 1 N–H and O–H groups in total. The maximum Gasteiger partial charge on any atom is 0.391 e. The van der Waals surface area contributed by atoms with Crippen LogP contribution in [-0.2, 0) is 10.0 Å². The number of fused-ring (bicyclic) bond motifs is 1. The van der Waals surface area contributed by atoms with Crippen molar-refractivity contribution in [3.05, 3.63) is 70.5 Å². The summed E-state index contributed by atoms with van der Waals surface area (Å²) >= 11 is 1.01. The van der Waals surface area contributed by atoms with Crippen molar-refractivity contribution in [2.75, 3.05) is 17.9 Å². The highest BCUT2D eigenvalue weighted by atomic mass is 32.2. The van der Waals surface area contributed by atoms with E-state index in [0.717, 1.165) is 35.6 Å². The van der Waals surface area contributed by atoms with E-state index in [9.17, 15) is 30.4 Å².